The first-order chi connectivity index (χ1) is 10.4. The summed E-state index contributed by atoms with van der Waals surface area (Å²) >= 11 is 0. The van der Waals surface area contributed by atoms with E-state index >= 15 is 0 Å². The summed E-state index contributed by atoms with van der Waals surface area (Å²) in [5.41, 5.74) is 1.89. The molecule has 5 nitrogen and oxygen atoms in total. The molecule has 0 saturated carbocycles. The van der Waals surface area contributed by atoms with Crippen molar-refractivity contribution in [1.29, 1.82) is 0 Å². The third-order valence-corrected chi connectivity index (χ3v) is 4.88. The van der Waals surface area contributed by atoms with Crippen LogP contribution in [0.4, 0.5) is 5.69 Å². The number of benzene rings is 2. The minimum Gasteiger partial charge on any atom is -0.493 e. The normalized spacial score (nSPS) is 11.1. The molecule has 0 amide bonds. The summed E-state index contributed by atoms with van der Waals surface area (Å²) in [4.78, 5) is 0.254. The smallest absolute Gasteiger partial charge is 0.262 e. The molecule has 0 aromatic heterocycles. The molecule has 0 radical (unpaired) electrons. The molecule has 0 aliphatic heterocycles. The summed E-state index contributed by atoms with van der Waals surface area (Å²) in [6.45, 7) is 3.56. The maximum Gasteiger partial charge on any atom is 0.262 e. The monoisotopic (exact) mass is 321 g/mol. The van der Waals surface area contributed by atoms with E-state index in [4.69, 9.17) is 9.47 Å². The third-order valence-electron chi connectivity index (χ3n) is 3.36. The Labute approximate surface area is 130 Å². The summed E-state index contributed by atoms with van der Waals surface area (Å²) in [7, 11) is -0.614. The molecule has 0 spiro atoms. The Hall–Kier alpha value is -2.21. The Morgan fingerprint density at radius 1 is 0.909 bits per heavy atom. The van der Waals surface area contributed by atoms with E-state index in [2.05, 4.69) is 4.72 Å². The van der Waals surface area contributed by atoms with Gasteiger partial charge in [-0.15, -0.1) is 0 Å². The van der Waals surface area contributed by atoms with Crippen LogP contribution >= 0.6 is 0 Å². The first-order valence-corrected chi connectivity index (χ1v) is 8.18. The van der Waals surface area contributed by atoms with E-state index in [1.807, 2.05) is 0 Å². The van der Waals surface area contributed by atoms with E-state index in [1.54, 1.807) is 50.2 Å². The van der Waals surface area contributed by atoms with E-state index in [9.17, 15) is 8.42 Å². The van der Waals surface area contributed by atoms with Crippen molar-refractivity contribution >= 4 is 15.7 Å². The largest absolute Gasteiger partial charge is 0.493 e. The highest BCUT2D eigenvalue weighted by atomic mass is 32.2. The Morgan fingerprint density at radius 3 is 2.09 bits per heavy atom. The number of methoxy groups -OCH3 is 2. The van der Waals surface area contributed by atoms with Gasteiger partial charge in [-0.05, 0) is 37.1 Å². The average Bonchev–Trinajstić information content (AvgIpc) is 2.48. The molecule has 2 rings (SSSR count). The van der Waals surface area contributed by atoms with Crippen molar-refractivity contribution in [2.45, 2.75) is 18.7 Å². The van der Waals surface area contributed by atoms with E-state index in [0.717, 1.165) is 5.56 Å². The van der Waals surface area contributed by atoms with E-state index in [1.165, 1.54) is 14.2 Å². The Kier molecular flexibility index (Phi) is 4.61. The minimum absolute atomic E-state index is 0.254. The van der Waals surface area contributed by atoms with Crippen LogP contribution in [0.2, 0.25) is 0 Å². The van der Waals surface area contributed by atoms with Gasteiger partial charge in [0.15, 0.2) is 11.5 Å². The van der Waals surface area contributed by atoms with Crippen LogP contribution in [0.25, 0.3) is 0 Å². The number of hydrogen-bond acceptors (Lipinski definition) is 4. The molecule has 118 valence electrons. The van der Waals surface area contributed by atoms with Crippen molar-refractivity contribution in [3.8, 4) is 11.5 Å². The molecule has 0 bridgehead atoms. The topological polar surface area (TPSA) is 64.6 Å². The van der Waals surface area contributed by atoms with Crippen LogP contribution in [0.1, 0.15) is 11.1 Å². The molecule has 22 heavy (non-hydrogen) atoms. The number of nitrogens with one attached hydrogen (secondary N) is 1. The number of sulfonamides is 1. The number of rotatable bonds is 5. The van der Waals surface area contributed by atoms with Crippen molar-refractivity contribution in [3.63, 3.8) is 0 Å². The lowest BCUT2D eigenvalue weighted by Gasteiger charge is -2.15. The minimum atomic E-state index is -3.66. The molecular weight excluding hydrogens is 302 g/mol. The van der Waals surface area contributed by atoms with Crippen LogP contribution in [0, 0.1) is 13.8 Å². The lowest BCUT2D eigenvalue weighted by molar-refractivity contribution is 0.355. The van der Waals surface area contributed by atoms with Crippen molar-refractivity contribution in [1.82, 2.24) is 0 Å². The maximum absolute atomic E-state index is 12.5. The van der Waals surface area contributed by atoms with Gasteiger partial charge in [0.25, 0.3) is 10.0 Å². The lowest BCUT2D eigenvalue weighted by atomic mass is 10.2. The zero-order valence-electron chi connectivity index (χ0n) is 13.0. The molecule has 0 aliphatic carbocycles. The molecule has 0 saturated heterocycles. The first-order valence-electron chi connectivity index (χ1n) is 6.70. The summed E-state index contributed by atoms with van der Waals surface area (Å²) in [6.07, 6.45) is 0. The van der Waals surface area contributed by atoms with Gasteiger partial charge in [0.05, 0.1) is 24.8 Å². The third kappa shape index (κ3) is 3.17. The van der Waals surface area contributed by atoms with Gasteiger partial charge in [0.2, 0.25) is 0 Å². The van der Waals surface area contributed by atoms with Crippen LogP contribution in [0.3, 0.4) is 0 Å². The van der Waals surface area contributed by atoms with Gasteiger partial charge in [0, 0.05) is 6.07 Å². The fourth-order valence-corrected chi connectivity index (χ4v) is 3.52. The standard InChI is InChI=1S/C16H19NO4S/c1-11-7-5-6-8-16(11)22(18,19)17-13-10-15(21-4)14(20-3)9-12(13)2/h5-10,17H,1-4H3. The molecular formula is C16H19NO4S. The second-order valence-corrected chi connectivity index (χ2v) is 6.54. The Balaban J connectivity index is 2.44. The van der Waals surface area contributed by atoms with Crippen LogP contribution < -0.4 is 14.2 Å². The van der Waals surface area contributed by atoms with Crippen LogP contribution in [0.5, 0.6) is 11.5 Å². The second-order valence-electron chi connectivity index (χ2n) is 4.89. The van der Waals surface area contributed by atoms with Gasteiger partial charge in [-0.1, -0.05) is 18.2 Å². The Morgan fingerprint density at radius 2 is 1.50 bits per heavy atom. The van der Waals surface area contributed by atoms with Gasteiger partial charge < -0.3 is 9.47 Å². The van der Waals surface area contributed by atoms with Gasteiger partial charge in [0.1, 0.15) is 0 Å². The molecule has 6 heteroatoms. The van der Waals surface area contributed by atoms with Crippen LogP contribution in [0.15, 0.2) is 41.3 Å². The molecule has 0 fully saturated rings. The molecule has 0 atom stereocenters. The highest BCUT2D eigenvalue weighted by molar-refractivity contribution is 7.92. The van der Waals surface area contributed by atoms with Gasteiger partial charge in [-0.2, -0.15) is 0 Å². The van der Waals surface area contributed by atoms with E-state index in [-0.39, 0.29) is 4.90 Å². The zero-order valence-corrected chi connectivity index (χ0v) is 13.8. The summed E-state index contributed by atoms with van der Waals surface area (Å²) in [6, 6.07) is 10.2. The highest BCUT2D eigenvalue weighted by Gasteiger charge is 2.18. The van der Waals surface area contributed by atoms with Crippen molar-refractivity contribution in [3.05, 3.63) is 47.5 Å². The van der Waals surface area contributed by atoms with Crippen LogP contribution in [-0.2, 0) is 10.0 Å². The maximum atomic E-state index is 12.5. The molecule has 2 aromatic rings. The van der Waals surface area contributed by atoms with Gasteiger partial charge in [-0.25, -0.2) is 8.42 Å². The molecule has 0 aliphatic rings. The Bertz CT molecular complexity index is 785. The number of hydrogen-bond donors (Lipinski definition) is 1. The predicted molar refractivity (Wildman–Crippen MR) is 86.3 cm³/mol. The first kappa shape index (κ1) is 16.2. The quantitative estimate of drug-likeness (QED) is 0.919. The number of aryl methyl sites for hydroxylation is 2. The van der Waals surface area contributed by atoms with Crippen molar-refractivity contribution < 1.29 is 17.9 Å². The summed E-state index contributed by atoms with van der Waals surface area (Å²) in [5.74, 6) is 1.02. The average molecular weight is 321 g/mol. The SMILES string of the molecule is COc1cc(C)c(NS(=O)(=O)c2ccccc2C)cc1OC. The van der Waals surface area contributed by atoms with Crippen molar-refractivity contribution in [2.75, 3.05) is 18.9 Å². The summed E-state index contributed by atoms with van der Waals surface area (Å²) < 4.78 is 38.1. The molecule has 1 N–H and O–H groups in total. The predicted octanol–water partition coefficient (Wildman–Crippen LogP) is 3.12. The number of ether oxygens (including phenoxy) is 2. The van der Waals surface area contributed by atoms with Gasteiger partial charge >= 0.3 is 0 Å². The number of anilines is 1. The zero-order chi connectivity index (χ0) is 16.3. The summed E-state index contributed by atoms with van der Waals surface area (Å²) in [5, 5.41) is 0. The van der Waals surface area contributed by atoms with Crippen molar-refractivity contribution in [2.24, 2.45) is 0 Å². The van der Waals surface area contributed by atoms with E-state index in [0.29, 0.717) is 22.7 Å². The molecule has 2 aromatic carbocycles. The lowest BCUT2D eigenvalue weighted by Crippen LogP contribution is -2.15. The van der Waals surface area contributed by atoms with E-state index < -0.39 is 10.0 Å². The molecule has 0 heterocycles. The fraction of sp³-hybridized carbons (Fsp3) is 0.250. The molecule has 0 unspecified atom stereocenters. The highest BCUT2D eigenvalue weighted by Crippen LogP contribution is 2.34. The van der Waals surface area contributed by atoms with Gasteiger partial charge in [-0.3, -0.25) is 4.72 Å². The fourth-order valence-electron chi connectivity index (χ4n) is 2.15. The van der Waals surface area contributed by atoms with Crippen LogP contribution in [-0.4, -0.2) is 22.6 Å². The second kappa shape index (κ2) is 6.27.